The molecule has 1 saturated heterocycles. The van der Waals surface area contributed by atoms with Gasteiger partial charge in [0.05, 0.1) is 13.2 Å². The van der Waals surface area contributed by atoms with Crippen LogP contribution in [0.3, 0.4) is 0 Å². The number of hydrogen-bond donors (Lipinski definition) is 2. The van der Waals surface area contributed by atoms with Gasteiger partial charge in [0.2, 0.25) is 0 Å². The van der Waals surface area contributed by atoms with E-state index in [2.05, 4.69) is 75.7 Å². The van der Waals surface area contributed by atoms with Crippen LogP contribution >= 0.6 is 0 Å². The van der Waals surface area contributed by atoms with Crippen LogP contribution < -0.4 is 15.5 Å². The van der Waals surface area contributed by atoms with Gasteiger partial charge in [-0.05, 0) is 30.0 Å². The van der Waals surface area contributed by atoms with Gasteiger partial charge >= 0.3 is 0 Å². The summed E-state index contributed by atoms with van der Waals surface area (Å²) in [5.41, 5.74) is 2.54. The number of guanidine groups is 1. The van der Waals surface area contributed by atoms with E-state index < -0.39 is 0 Å². The van der Waals surface area contributed by atoms with Crippen molar-refractivity contribution in [1.29, 1.82) is 0 Å². The topological polar surface area (TPSA) is 52.1 Å². The molecule has 0 aliphatic carbocycles. The number of nitrogens with one attached hydrogen (secondary N) is 2. The van der Waals surface area contributed by atoms with Crippen LogP contribution in [0.15, 0.2) is 41.4 Å². The van der Waals surface area contributed by atoms with Gasteiger partial charge in [0.15, 0.2) is 5.96 Å². The fourth-order valence-corrected chi connectivity index (χ4v) is 3.98. The van der Waals surface area contributed by atoms with Crippen molar-refractivity contribution in [2.24, 2.45) is 10.9 Å². The quantitative estimate of drug-likeness (QED) is 0.400. The van der Waals surface area contributed by atoms with Crippen LogP contribution in [0, 0.1) is 5.92 Å². The van der Waals surface area contributed by atoms with Gasteiger partial charge in [-0.3, -0.25) is 9.89 Å². The third kappa shape index (κ3) is 6.75. The van der Waals surface area contributed by atoms with Crippen molar-refractivity contribution in [2.75, 3.05) is 57.9 Å². The van der Waals surface area contributed by atoms with Crippen LogP contribution in [-0.2, 0) is 11.3 Å². The van der Waals surface area contributed by atoms with Gasteiger partial charge < -0.3 is 20.3 Å². The Morgan fingerprint density at radius 1 is 1.07 bits per heavy atom. The van der Waals surface area contributed by atoms with E-state index in [0.29, 0.717) is 12.0 Å². The van der Waals surface area contributed by atoms with Crippen LogP contribution in [0.2, 0.25) is 0 Å². The Balaban J connectivity index is 1.47. The molecule has 2 aliphatic heterocycles. The average Bonchev–Trinajstić information content (AvgIpc) is 3.28. The normalized spacial score (nSPS) is 19.0. The number of nitrogens with zero attached hydrogens (tertiary/aromatic N) is 3. The Hall–Kier alpha value is -2.05. The molecule has 6 heteroatoms. The molecule has 1 fully saturated rings. The van der Waals surface area contributed by atoms with Crippen molar-refractivity contribution in [3.05, 3.63) is 42.0 Å². The number of hydrogen-bond acceptors (Lipinski definition) is 4. The summed E-state index contributed by atoms with van der Waals surface area (Å²) in [7, 11) is 1.84. The van der Waals surface area contributed by atoms with Crippen molar-refractivity contribution < 1.29 is 4.74 Å². The fourth-order valence-electron chi connectivity index (χ4n) is 3.98. The highest BCUT2D eigenvalue weighted by atomic mass is 16.5. The maximum Gasteiger partial charge on any atom is 0.191 e. The summed E-state index contributed by atoms with van der Waals surface area (Å²) in [5.74, 6) is 1.53. The Labute approximate surface area is 176 Å². The predicted octanol–water partition coefficient (Wildman–Crippen LogP) is 2.47. The lowest BCUT2D eigenvalue weighted by molar-refractivity contribution is 0.0132. The highest BCUT2D eigenvalue weighted by Crippen LogP contribution is 2.17. The van der Waals surface area contributed by atoms with Crippen LogP contribution in [0.5, 0.6) is 0 Å². The zero-order chi connectivity index (χ0) is 20.5. The van der Waals surface area contributed by atoms with E-state index in [4.69, 9.17) is 4.74 Å². The summed E-state index contributed by atoms with van der Waals surface area (Å²) in [6.45, 7) is 12.0. The minimum atomic E-state index is 0.505. The summed E-state index contributed by atoms with van der Waals surface area (Å²) in [6, 6.07) is 9.31. The molecule has 2 N–H and O–H groups in total. The summed E-state index contributed by atoms with van der Waals surface area (Å²) in [6.07, 6.45) is 5.61. The van der Waals surface area contributed by atoms with E-state index in [1.165, 1.54) is 17.7 Å². The number of rotatable bonds is 8. The molecule has 0 radical (unpaired) electrons. The molecule has 0 amide bonds. The first-order chi connectivity index (χ1) is 14.2. The molecule has 2 heterocycles. The number of aliphatic imine (C=N–C) groups is 1. The Bertz CT molecular complexity index is 656. The molecular formula is C23H37N5O. The minimum Gasteiger partial charge on any atom is -0.379 e. The fraction of sp³-hybridized carbons (Fsp3) is 0.609. The van der Waals surface area contributed by atoms with E-state index in [1.807, 2.05) is 7.05 Å². The van der Waals surface area contributed by atoms with E-state index in [0.717, 1.165) is 58.4 Å². The molecule has 29 heavy (non-hydrogen) atoms. The second kappa shape index (κ2) is 11.2. The van der Waals surface area contributed by atoms with Gasteiger partial charge in [0.1, 0.15) is 0 Å². The molecule has 1 atom stereocenters. The predicted molar refractivity (Wildman–Crippen MR) is 122 cm³/mol. The van der Waals surface area contributed by atoms with Crippen molar-refractivity contribution in [1.82, 2.24) is 15.5 Å². The third-order valence-electron chi connectivity index (χ3n) is 5.61. The average molecular weight is 400 g/mol. The first-order valence-electron chi connectivity index (χ1n) is 10.9. The zero-order valence-electron chi connectivity index (χ0n) is 18.2. The lowest BCUT2D eigenvalue weighted by Crippen LogP contribution is -2.50. The molecule has 6 nitrogen and oxygen atoms in total. The number of ether oxygens (including phenoxy) is 1. The van der Waals surface area contributed by atoms with Gasteiger partial charge in [-0.1, -0.05) is 38.1 Å². The monoisotopic (exact) mass is 399 g/mol. The molecule has 1 aromatic carbocycles. The maximum absolute atomic E-state index is 5.53. The molecule has 0 aromatic heterocycles. The first-order valence-corrected chi connectivity index (χ1v) is 10.9. The van der Waals surface area contributed by atoms with Crippen LogP contribution in [0.25, 0.3) is 0 Å². The summed E-state index contributed by atoms with van der Waals surface area (Å²) < 4.78 is 5.53. The summed E-state index contributed by atoms with van der Waals surface area (Å²) in [5, 5.41) is 6.99. The van der Waals surface area contributed by atoms with Crippen molar-refractivity contribution in [3.63, 3.8) is 0 Å². The van der Waals surface area contributed by atoms with E-state index in [1.54, 1.807) is 0 Å². The molecule has 2 aliphatic rings. The zero-order valence-corrected chi connectivity index (χ0v) is 18.2. The van der Waals surface area contributed by atoms with Crippen LogP contribution in [0.4, 0.5) is 5.69 Å². The molecule has 1 aromatic rings. The smallest absolute Gasteiger partial charge is 0.191 e. The van der Waals surface area contributed by atoms with Crippen molar-refractivity contribution in [2.45, 2.75) is 32.9 Å². The number of anilines is 1. The molecule has 0 saturated carbocycles. The minimum absolute atomic E-state index is 0.505. The molecule has 0 spiro atoms. The molecule has 160 valence electrons. The second-order valence-corrected chi connectivity index (χ2v) is 8.28. The highest BCUT2D eigenvalue weighted by molar-refractivity contribution is 5.79. The number of morpholine rings is 1. The highest BCUT2D eigenvalue weighted by Gasteiger charge is 2.22. The van der Waals surface area contributed by atoms with Gasteiger partial charge in [0, 0.05) is 58.0 Å². The standard InChI is InChI=1S/C23H37N5O/c1-19(2)16-22(28-12-14-29-15-13-28)18-26-23(24-3)25-17-20-6-8-21(9-7-20)27-10-4-5-11-27/h4-9,19,22H,10-18H2,1-3H3,(H2,24,25,26). The lowest BCUT2D eigenvalue weighted by atomic mass is 10.0. The van der Waals surface area contributed by atoms with Crippen LogP contribution in [0.1, 0.15) is 25.8 Å². The summed E-state index contributed by atoms with van der Waals surface area (Å²) in [4.78, 5) is 9.33. The lowest BCUT2D eigenvalue weighted by Gasteiger charge is -2.35. The van der Waals surface area contributed by atoms with Gasteiger partial charge in [-0.25, -0.2) is 0 Å². The number of benzene rings is 1. The van der Waals surface area contributed by atoms with E-state index >= 15 is 0 Å². The third-order valence-corrected chi connectivity index (χ3v) is 5.61. The van der Waals surface area contributed by atoms with Gasteiger partial charge in [0.25, 0.3) is 0 Å². The largest absolute Gasteiger partial charge is 0.379 e. The Morgan fingerprint density at radius 2 is 1.76 bits per heavy atom. The maximum atomic E-state index is 5.53. The molecule has 3 rings (SSSR count). The van der Waals surface area contributed by atoms with Crippen molar-refractivity contribution in [3.8, 4) is 0 Å². The second-order valence-electron chi connectivity index (χ2n) is 8.28. The van der Waals surface area contributed by atoms with Crippen LogP contribution in [-0.4, -0.2) is 69.9 Å². The first kappa shape index (κ1) is 21.7. The van der Waals surface area contributed by atoms with E-state index in [-0.39, 0.29) is 0 Å². The molecule has 1 unspecified atom stereocenters. The summed E-state index contributed by atoms with van der Waals surface area (Å²) >= 11 is 0. The molecular weight excluding hydrogens is 362 g/mol. The van der Waals surface area contributed by atoms with Gasteiger partial charge in [-0.15, -0.1) is 0 Å². The Morgan fingerprint density at radius 3 is 2.38 bits per heavy atom. The van der Waals surface area contributed by atoms with Gasteiger partial charge in [-0.2, -0.15) is 0 Å². The Kier molecular flexibility index (Phi) is 8.38. The van der Waals surface area contributed by atoms with E-state index in [9.17, 15) is 0 Å². The molecule has 0 bridgehead atoms. The SMILES string of the molecule is CN=C(NCc1ccc(N2CC=CC2)cc1)NCC(CC(C)C)N1CCOCC1. The van der Waals surface area contributed by atoms with Crippen molar-refractivity contribution >= 4 is 11.6 Å².